The summed E-state index contributed by atoms with van der Waals surface area (Å²) in [6.07, 6.45) is 0.394. The summed E-state index contributed by atoms with van der Waals surface area (Å²) in [6.45, 7) is 5.46. The van der Waals surface area contributed by atoms with Gasteiger partial charge in [0.15, 0.2) is 0 Å². The number of rotatable bonds is 15. The minimum absolute atomic E-state index is 0.0282. The number of ether oxygens (including phenoxy) is 4. The third kappa shape index (κ3) is 11.7. The Morgan fingerprint density at radius 1 is 0.976 bits per heavy atom. The summed E-state index contributed by atoms with van der Waals surface area (Å²) < 4.78 is 19.7. The Kier molecular flexibility index (Phi) is 13.3. The van der Waals surface area contributed by atoms with E-state index < -0.39 is 23.5 Å². The summed E-state index contributed by atoms with van der Waals surface area (Å²) in [5.41, 5.74) is 2.45. The van der Waals surface area contributed by atoms with Crippen molar-refractivity contribution >= 4 is 23.7 Å². The van der Waals surface area contributed by atoms with Crippen LogP contribution in [0, 0.1) is 10.1 Å². The van der Waals surface area contributed by atoms with Crippen LogP contribution in [0.3, 0.4) is 0 Å². The quantitative estimate of drug-likeness (QED) is 0.0747. The second kappa shape index (κ2) is 17.2. The Morgan fingerprint density at radius 3 is 2.27 bits per heavy atom. The predicted octanol–water partition coefficient (Wildman–Crippen LogP) is 3.87. The van der Waals surface area contributed by atoms with Gasteiger partial charge in [0.2, 0.25) is 6.29 Å². The molecule has 2 unspecified atom stereocenters. The number of carbonyl (C=O) groups is 2. The first-order valence-electron chi connectivity index (χ1n) is 13.1. The van der Waals surface area contributed by atoms with Gasteiger partial charge < -0.3 is 18.9 Å². The third-order valence-electron chi connectivity index (χ3n) is 6.15. The molecule has 0 spiro atoms. The molecule has 0 N–H and O–H groups in total. The van der Waals surface area contributed by atoms with Gasteiger partial charge in [-0.3, -0.25) is 14.6 Å². The van der Waals surface area contributed by atoms with E-state index in [0.29, 0.717) is 13.2 Å². The largest absolute Gasteiger partial charge is 0.510 e. The van der Waals surface area contributed by atoms with E-state index in [1.54, 1.807) is 0 Å². The summed E-state index contributed by atoms with van der Waals surface area (Å²) in [5.74, 6) is -0.515. The second-order valence-corrected chi connectivity index (χ2v) is 9.46. The van der Waals surface area contributed by atoms with Crippen molar-refractivity contribution in [1.82, 2.24) is 9.80 Å². The summed E-state index contributed by atoms with van der Waals surface area (Å²) in [7, 11) is 0. The normalized spacial score (nSPS) is 15.7. The van der Waals surface area contributed by atoms with Crippen molar-refractivity contribution in [2.45, 2.75) is 19.3 Å². The maximum atomic E-state index is 11.9. The van der Waals surface area contributed by atoms with Crippen LogP contribution < -0.4 is 0 Å². The van der Waals surface area contributed by atoms with Crippen LogP contribution in [0.4, 0.5) is 4.79 Å². The minimum Gasteiger partial charge on any atom is -0.460 e. The highest BCUT2D eigenvalue weighted by atomic mass is 35.5. The predicted molar refractivity (Wildman–Crippen MR) is 149 cm³/mol. The van der Waals surface area contributed by atoms with E-state index in [2.05, 4.69) is 60.5 Å². The number of nitrogens with zero attached hydrogens (tertiary/aromatic N) is 3. The molecule has 0 aliphatic carbocycles. The van der Waals surface area contributed by atoms with Crippen LogP contribution in [0.15, 0.2) is 66.7 Å². The van der Waals surface area contributed by atoms with Gasteiger partial charge in [-0.2, -0.15) is 0 Å². The highest BCUT2D eigenvalue weighted by Gasteiger charge is 2.26. The van der Waals surface area contributed by atoms with Gasteiger partial charge in [-0.25, -0.2) is 9.59 Å². The van der Waals surface area contributed by atoms with Crippen molar-refractivity contribution in [2.24, 2.45) is 0 Å². The van der Waals surface area contributed by atoms with Gasteiger partial charge in [-0.15, -0.1) is 10.1 Å². The molecule has 12 nitrogen and oxygen atoms in total. The zero-order chi connectivity index (χ0) is 29.5. The standard InChI is InChI=1S/C28H34ClN3O9/c1-22(41-32(35)36)40-28(34)39-19-6-5-18-38-26(33)21-37-20-17-30-13-15-31(16-14-30)27(23-7-3-2-4-8-23)24-9-11-25(29)12-10-24/h2-12,22,27H,13-21H2,1H3/b6-5-. The highest BCUT2D eigenvalue weighted by Crippen LogP contribution is 2.30. The Bertz CT molecular complexity index is 1130. The lowest BCUT2D eigenvalue weighted by molar-refractivity contribution is -0.777. The summed E-state index contributed by atoms with van der Waals surface area (Å²) in [4.78, 5) is 42.1. The van der Waals surface area contributed by atoms with Crippen LogP contribution in [0.1, 0.15) is 24.1 Å². The van der Waals surface area contributed by atoms with Gasteiger partial charge >= 0.3 is 12.1 Å². The molecule has 2 atom stereocenters. The molecule has 13 heteroatoms. The zero-order valence-electron chi connectivity index (χ0n) is 22.8. The van der Waals surface area contributed by atoms with Gasteiger partial charge in [0.05, 0.1) is 12.6 Å². The van der Waals surface area contributed by atoms with Crippen molar-refractivity contribution in [3.63, 3.8) is 0 Å². The average Bonchev–Trinajstić information content (AvgIpc) is 2.95. The van der Waals surface area contributed by atoms with Gasteiger partial charge in [0.1, 0.15) is 19.8 Å². The molecular weight excluding hydrogens is 558 g/mol. The van der Waals surface area contributed by atoms with Crippen LogP contribution in [0.2, 0.25) is 5.02 Å². The molecule has 1 saturated heterocycles. The van der Waals surface area contributed by atoms with Gasteiger partial charge in [0, 0.05) is 37.7 Å². The van der Waals surface area contributed by atoms with E-state index in [-0.39, 0.29) is 25.9 Å². The molecule has 2 aromatic carbocycles. The van der Waals surface area contributed by atoms with E-state index in [1.807, 2.05) is 18.2 Å². The topological polar surface area (TPSA) is 130 Å². The Hall–Kier alpha value is -3.71. The van der Waals surface area contributed by atoms with Crippen LogP contribution in [-0.2, 0) is 28.6 Å². The first-order valence-corrected chi connectivity index (χ1v) is 13.5. The number of carbonyl (C=O) groups excluding carboxylic acids is 2. The molecule has 0 radical (unpaired) electrons. The number of esters is 1. The zero-order valence-corrected chi connectivity index (χ0v) is 23.5. The molecule has 2 aromatic rings. The first-order chi connectivity index (χ1) is 19.8. The Morgan fingerprint density at radius 2 is 1.61 bits per heavy atom. The molecule has 1 heterocycles. The lowest BCUT2D eigenvalue weighted by atomic mass is 9.96. The number of piperazine rings is 1. The van der Waals surface area contributed by atoms with E-state index in [9.17, 15) is 19.7 Å². The van der Waals surface area contributed by atoms with Crippen molar-refractivity contribution in [1.29, 1.82) is 0 Å². The fraction of sp³-hybridized carbons (Fsp3) is 0.429. The van der Waals surface area contributed by atoms with Crippen molar-refractivity contribution in [2.75, 3.05) is 59.2 Å². The van der Waals surface area contributed by atoms with Crippen molar-refractivity contribution in [3.05, 3.63) is 93.0 Å². The molecule has 1 fully saturated rings. The number of halogens is 1. The molecule has 1 aliphatic heterocycles. The molecule has 41 heavy (non-hydrogen) atoms. The monoisotopic (exact) mass is 591 g/mol. The number of hydrogen-bond donors (Lipinski definition) is 0. The summed E-state index contributed by atoms with van der Waals surface area (Å²) in [5, 5.41) is 9.78. The third-order valence-corrected chi connectivity index (χ3v) is 6.40. The van der Waals surface area contributed by atoms with Crippen molar-refractivity contribution in [3.8, 4) is 0 Å². The summed E-state index contributed by atoms with van der Waals surface area (Å²) in [6, 6.07) is 18.6. The number of hydrogen-bond acceptors (Lipinski definition) is 11. The fourth-order valence-corrected chi connectivity index (χ4v) is 4.36. The van der Waals surface area contributed by atoms with E-state index in [4.69, 9.17) is 21.1 Å². The molecular formula is C28H34ClN3O9. The fourth-order valence-electron chi connectivity index (χ4n) is 4.24. The molecule has 3 rings (SSSR count). The first kappa shape index (κ1) is 31.8. The maximum absolute atomic E-state index is 11.9. The highest BCUT2D eigenvalue weighted by molar-refractivity contribution is 6.30. The smallest absolute Gasteiger partial charge is 0.460 e. The minimum atomic E-state index is -1.39. The van der Waals surface area contributed by atoms with Crippen LogP contribution in [0.25, 0.3) is 0 Å². The molecule has 222 valence electrons. The molecule has 0 bridgehead atoms. The van der Waals surface area contributed by atoms with Crippen LogP contribution >= 0.6 is 11.6 Å². The molecule has 0 saturated carbocycles. The van der Waals surface area contributed by atoms with E-state index in [1.165, 1.54) is 30.2 Å². The SMILES string of the molecule is CC(OC(=O)OC/C=C\COC(=O)COCCN1CCN(C(c2ccccc2)c2ccc(Cl)cc2)CC1)O[N+](=O)[O-]. The number of benzene rings is 2. The van der Waals surface area contributed by atoms with Crippen molar-refractivity contribution < 1.29 is 38.5 Å². The van der Waals surface area contributed by atoms with E-state index in [0.717, 1.165) is 31.2 Å². The van der Waals surface area contributed by atoms with Crippen LogP contribution in [0.5, 0.6) is 0 Å². The Labute approximate surface area is 243 Å². The second-order valence-electron chi connectivity index (χ2n) is 9.02. The lowest BCUT2D eigenvalue weighted by Gasteiger charge is -2.39. The summed E-state index contributed by atoms with van der Waals surface area (Å²) >= 11 is 6.12. The Balaban J connectivity index is 1.28. The molecule has 1 aliphatic rings. The van der Waals surface area contributed by atoms with Gasteiger partial charge in [-0.1, -0.05) is 54.1 Å². The van der Waals surface area contributed by atoms with Gasteiger partial charge in [-0.05, 0) is 42.3 Å². The maximum Gasteiger partial charge on any atom is 0.510 e. The lowest BCUT2D eigenvalue weighted by Crippen LogP contribution is -2.48. The van der Waals surface area contributed by atoms with E-state index >= 15 is 0 Å². The van der Waals surface area contributed by atoms with Gasteiger partial charge in [0.25, 0.3) is 5.09 Å². The van der Waals surface area contributed by atoms with Crippen LogP contribution in [-0.4, -0.2) is 92.5 Å². The molecule has 0 amide bonds. The average molecular weight is 592 g/mol. The molecule has 0 aromatic heterocycles.